The molecule has 0 saturated carbocycles. The Hall–Kier alpha value is -2.41. The number of aromatic nitrogens is 1. The summed E-state index contributed by atoms with van der Waals surface area (Å²) in [5, 5.41) is 4.49. The number of thiazole rings is 1. The SMILES string of the molecule is Cc1ccc(NC(=O)COC(=O)CCCn2c(C)csc2=O)cc1C. The van der Waals surface area contributed by atoms with E-state index in [1.807, 2.05) is 39.0 Å². The van der Waals surface area contributed by atoms with Gasteiger partial charge in [0, 0.05) is 29.7 Å². The molecule has 0 aliphatic carbocycles. The number of aryl methyl sites for hydroxylation is 3. The Kier molecular flexibility index (Phi) is 6.52. The smallest absolute Gasteiger partial charge is 0.307 e. The highest BCUT2D eigenvalue weighted by Gasteiger charge is 2.09. The van der Waals surface area contributed by atoms with Crippen LogP contribution in [0.25, 0.3) is 0 Å². The molecule has 0 atom stereocenters. The van der Waals surface area contributed by atoms with Gasteiger partial charge < -0.3 is 14.6 Å². The molecular formula is C18H22N2O4S. The van der Waals surface area contributed by atoms with Crippen molar-refractivity contribution >= 4 is 28.9 Å². The third-order valence-electron chi connectivity index (χ3n) is 3.89. The molecule has 0 aliphatic rings. The van der Waals surface area contributed by atoms with Crippen LogP contribution >= 0.6 is 11.3 Å². The zero-order valence-electron chi connectivity index (χ0n) is 14.6. The second kappa shape index (κ2) is 8.62. The number of benzene rings is 1. The van der Waals surface area contributed by atoms with Crippen LogP contribution in [0.4, 0.5) is 5.69 Å². The first-order valence-electron chi connectivity index (χ1n) is 8.04. The van der Waals surface area contributed by atoms with Crippen LogP contribution in [-0.2, 0) is 20.9 Å². The molecule has 7 heteroatoms. The lowest BCUT2D eigenvalue weighted by atomic mass is 10.1. The third-order valence-corrected chi connectivity index (χ3v) is 4.77. The highest BCUT2D eigenvalue weighted by molar-refractivity contribution is 7.07. The Labute approximate surface area is 150 Å². The molecule has 0 spiro atoms. The molecule has 0 saturated heterocycles. The topological polar surface area (TPSA) is 77.4 Å². The minimum atomic E-state index is -0.448. The third kappa shape index (κ3) is 5.56. The molecule has 1 heterocycles. The Balaban J connectivity index is 1.71. The van der Waals surface area contributed by atoms with Crippen LogP contribution < -0.4 is 10.2 Å². The monoisotopic (exact) mass is 362 g/mol. The summed E-state index contributed by atoms with van der Waals surface area (Å²) in [6.45, 7) is 5.97. The van der Waals surface area contributed by atoms with Crippen LogP contribution in [0, 0.1) is 20.8 Å². The zero-order valence-corrected chi connectivity index (χ0v) is 15.4. The molecule has 0 bridgehead atoms. The maximum absolute atomic E-state index is 11.8. The van der Waals surface area contributed by atoms with Gasteiger partial charge in [-0.1, -0.05) is 17.4 Å². The average Bonchev–Trinajstić information content (AvgIpc) is 2.88. The molecule has 2 aromatic rings. The molecule has 0 radical (unpaired) electrons. The Morgan fingerprint density at radius 1 is 1.20 bits per heavy atom. The standard InChI is InChI=1S/C18H22N2O4S/c1-12-6-7-15(9-13(12)2)19-16(21)10-24-17(22)5-4-8-20-14(3)11-25-18(20)23/h6-7,9,11H,4-5,8,10H2,1-3H3,(H,19,21). The van der Waals surface area contributed by atoms with Gasteiger partial charge in [0.25, 0.3) is 5.91 Å². The van der Waals surface area contributed by atoms with Crippen molar-refractivity contribution in [1.82, 2.24) is 4.57 Å². The summed E-state index contributed by atoms with van der Waals surface area (Å²) in [4.78, 5) is 35.1. The first kappa shape index (κ1) is 18.9. The lowest BCUT2D eigenvalue weighted by molar-refractivity contribution is -0.147. The summed E-state index contributed by atoms with van der Waals surface area (Å²) in [5.74, 6) is -0.822. The van der Waals surface area contributed by atoms with Crippen LogP contribution in [0.3, 0.4) is 0 Å². The van der Waals surface area contributed by atoms with Crippen molar-refractivity contribution < 1.29 is 14.3 Å². The molecule has 134 valence electrons. The number of carbonyl (C=O) groups is 2. The van der Waals surface area contributed by atoms with Crippen LogP contribution in [0.5, 0.6) is 0 Å². The van der Waals surface area contributed by atoms with Crippen LogP contribution in [0.2, 0.25) is 0 Å². The fourth-order valence-electron chi connectivity index (χ4n) is 2.29. The molecular weight excluding hydrogens is 340 g/mol. The van der Waals surface area contributed by atoms with E-state index in [2.05, 4.69) is 5.32 Å². The number of rotatable bonds is 7. The predicted octanol–water partition coefficient (Wildman–Crippen LogP) is 2.80. The molecule has 1 amide bonds. The second-order valence-electron chi connectivity index (χ2n) is 5.91. The van der Waals surface area contributed by atoms with Gasteiger partial charge in [0.05, 0.1) is 0 Å². The quantitative estimate of drug-likeness (QED) is 0.769. The second-order valence-corrected chi connectivity index (χ2v) is 6.73. The molecule has 0 unspecified atom stereocenters. The van der Waals surface area contributed by atoms with E-state index in [1.54, 1.807) is 9.95 Å². The lowest BCUT2D eigenvalue weighted by Crippen LogP contribution is -2.21. The fourth-order valence-corrected chi connectivity index (χ4v) is 3.05. The van der Waals surface area contributed by atoms with E-state index >= 15 is 0 Å². The largest absolute Gasteiger partial charge is 0.456 e. The highest BCUT2D eigenvalue weighted by Crippen LogP contribution is 2.14. The number of nitrogens with one attached hydrogen (secondary N) is 1. The van der Waals surface area contributed by atoms with Gasteiger partial charge in [-0.2, -0.15) is 0 Å². The van der Waals surface area contributed by atoms with Gasteiger partial charge >= 0.3 is 10.8 Å². The molecule has 25 heavy (non-hydrogen) atoms. The molecule has 1 N–H and O–H groups in total. The minimum Gasteiger partial charge on any atom is -0.456 e. The van der Waals surface area contributed by atoms with Crippen molar-refractivity contribution in [3.63, 3.8) is 0 Å². The molecule has 1 aromatic heterocycles. The van der Waals surface area contributed by atoms with Gasteiger partial charge in [-0.3, -0.25) is 14.4 Å². The Morgan fingerprint density at radius 2 is 1.96 bits per heavy atom. The Bertz CT molecular complexity index is 823. The highest BCUT2D eigenvalue weighted by atomic mass is 32.1. The number of anilines is 1. The summed E-state index contributed by atoms with van der Waals surface area (Å²) in [5.41, 5.74) is 3.78. The molecule has 1 aromatic carbocycles. The average molecular weight is 362 g/mol. The first-order chi connectivity index (χ1) is 11.9. The van der Waals surface area contributed by atoms with Gasteiger partial charge in [-0.25, -0.2) is 0 Å². The van der Waals surface area contributed by atoms with E-state index < -0.39 is 5.97 Å². The number of ether oxygens (including phenoxy) is 1. The number of amides is 1. The molecule has 0 fully saturated rings. The maximum Gasteiger partial charge on any atom is 0.307 e. The number of hydrogen-bond acceptors (Lipinski definition) is 5. The normalized spacial score (nSPS) is 10.5. The summed E-state index contributed by atoms with van der Waals surface area (Å²) >= 11 is 1.15. The van der Waals surface area contributed by atoms with E-state index in [4.69, 9.17) is 4.74 Å². The summed E-state index contributed by atoms with van der Waals surface area (Å²) in [6.07, 6.45) is 0.660. The van der Waals surface area contributed by atoms with E-state index in [0.29, 0.717) is 18.7 Å². The lowest BCUT2D eigenvalue weighted by Gasteiger charge is -2.08. The van der Waals surface area contributed by atoms with E-state index in [-0.39, 0.29) is 23.8 Å². The van der Waals surface area contributed by atoms with Crippen LogP contribution in [0.15, 0.2) is 28.4 Å². The first-order valence-corrected chi connectivity index (χ1v) is 8.92. The molecule has 6 nitrogen and oxygen atoms in total. The van der Waals surface area contributed by atoms with Gasteiger partial charge in [0.1, 0.15) is 0 Å². The number of carbonyl (C=O) groups excluding carboxylic acids is 2. The predicted molar refractivity (Wildman–Crippen MR) is 98.1 cm³/mol. The molecule has 0 aliphatic heterocycles. The minimum absolute atomic E-state index is 0.0290. The Morgan fingerprint density at radius 3 is 2.60 bits per heavy atom. The van der Waals surface area contributed by atoms with Crippen molar-refractivity contribution in [1.29, 1.82) is 0 Å². The summed E-state index contributed by atoms with van der Waals surface area (Å²) in [6, 6.07) is 5.60. The maximum atomic E-state index is 11.8. The fraction of sp³-hybridized carbons (Fsp3) is 0.389. The van der Waals surface area contributed by atoms with Crippen molar-refractivity contribution in [3.8, 4) is 0 Å². The number of nitrogens with zero attached hydrogens (tertiary/aromatic N) is 1. The summed E-state index contributed by atoms with van der Waals surface area (Å²) < 4.78 is 6.60. The zero-order chi connectivity index (χ0) is 18.4. The van der Waals surface area contributed by atoms with Gasteiger partial charge in [0.2, 0.25) is 0 Å². The van der Waals surface area contributed by atoms with Crippen molar-refractivity contribution in [2.45, 2.75) is 40.2 Å². The van der Waals surface area contributed by atoms with Gasteiger partial charge in [0.15, 0.2) is 6.61 Å². The van der Waals surface area contributed by atoms with E-state index in [9.17, 15) is 14.4 Å². The van der Waals surface area contributed by atoms with Crippen molar-refractivity contribution in [2.75, 3.05) is 11.9 Å². The van der Waals surface area contributed by atoms with E-state index in [0.717, 1.165) is 28.2 Å². The van der Waals surface area contributed by atoms with E-state index in [1.165, 1.54) is 0 Å². The summed E-state index contributed by atoms with van der Waals surface area (Å²) in [7, 11) is 0. The molecule has 2 rings (SSSR count). The number of hydrogen-bond donors (Lipinski definition) is 1. The van der Waals surface area contributed by atoms with Crippen molar-refractivity contribution in [3.05, 3.63) is 50.1 Å². The van der Waals surface area contributed by atoms with Crippen molar-refractivity contribution in [2.24, 2.45) is 0 Å². The van der Waals surface area contributed by atoms with Gasteiger partial charge in [-0.05, 0) is 50.5 Å². The van der Waals surface area contributed by atoms with Crippen LogP contribution in [0.1, 0.15) is 29.7 Å². The number of esters is 1. The van der Waals surface area contributed by atoms with Crippen LogP contribution in [-0.4, -0.2) is 23.1 Å². The van der Waals surface area contributed by atoms with Gasteiger partial charge in [-0.15, -0.1) is 0 Å².